The van der Waals surface area contributed by atoms with E-state index in [-0.39, 0.29) is 23.8 Å². The predicted octanol–water partition coefficient (Wildman–Crippen LogP) is 4.83. The van der Waals surface area contributed by atoms with Crippen molar-refractivity contribution < 1.29 is 37.0 Å². The molecule has 0 bridgehead atoms. The molecule has 0 aliphatic heterocycles. The van der Waals surface area contributed by atoms with Gasteiger partial charge in [0.05, 0.1) is 0 Å². The molecule has 1 N–H and O–H groups in total. The summed E-state index contributed by atoms with van der Waals surface area (Å²) < 4.78 is 51.5. The third-order valence-electron chi connectivity index (χ3n) is 4.26. The average molecular weight is 394 g/mol. The molecule has 0 aliphatic carbocycles. The van der Waals surface area contributed by atoms with Gasteiger partial charge in [-0.2, -0.15) is 0 Å². The minimum atomic E-state index is -4.78. The largest absolute Gasteiger partial charge is 0.573 e. The van der Waals surface area contributed by atoms with E-state index >= 15 is 0 Å². The van der Waals surface area contributed by atoms with Crippen molar-refractivity contribution in [3.63, 3.8) is 0 Å². The van der Waals surface area contributed by atoms with Gasteiger partial charge in [-0.05, 0) is 42.4 Å². The lowest BCUT2D eigenvalue weighted by atomic mass is 10.2. The number of carboxylic acids is 1. The van der Waals surface area contributed by atoms with Crippen LogP contribution >= 0.6 is 0 Å². The third kappa shape index (κ3) is 7.25. The molecular weight excluding hydrogens is 369 g/mol. The first-order chi connectivity index (χ1) is 11.7. The van der Waals surface area contributed by atoms with Gasteiger partial charge in [0.25, 0.3) is 0 Å². The van der Waals surface area contributed by atoms with E-state index in [0.717, 1.165) is 12.1 Å². The monoisotopic (exact) mass is 394 g/mol. The number of benzene rings is 1. The van der Waals surface area contributed by atoms with Crippen LogP contribution in [-0.2, 0) is 9.22 Å². The highest BCUT2D eigenvalue weighted by molar-refractivity contribution is 6.74. The molecule has 0 saturated heterocycles. The topological polar surface area (TPSA) is 65.0 Å². The first-order valence-corrected chi connectivity index (χ1v) is 11.0. The minimum absolute atomic E-state index is 0.000884. The quantitative estimate of drug-likeness (QED) is 0.640. The van der Waals surface area contributed by atoms with Gasteiger partial charge >= 0.3 is 12.3 Å². The Bertz CT molecular complexity index is 594. The molecule has 1 aromatic carbocycles. The summed E-state index contributed by atoms with van der Waals surface area (Å²) in [6.07, 6.45) is -5.82. The van der Waals surface area contributed by atoms with E-state index in [2.05, 4.69) is 38.6 Å². The SMILES string of the molecule is CC(C)(C)[Si](C)(C)OCCC(Oc1ccc(OC(F)(F)F)cc1)C(=O)O. The summed E-state index contributed by atoms with van der Waals surface area (Å²) in [7, 11) is -2.00. The molecule has 0 spiro atoms. The highest BCUT2D eigenvalue weighted by Gasteiger charge is 2.37. The van der Waals surface area contributed by atoms with Crippen LogP contribution in [0, 0.1) is 0 Å². The van der Waals surface area contributed by atoms with Gasteiger partial charge in [0.15, 0.2) is 14.4 Å². The number of hydrogen-bond acceptors (Lipinski definition) is 4. The first kappa shape index (κ1) is 22.3. The van der Waals surface area contributed by atoms with Crippen molar-refractivity contribution in [3.8, 4) is 11.5 Å². The highest BCUT2D eigenvalue weighted by Crippen LogP contribution is 2.36. The van der Waals surface area contributed by atoms with E-state index in [1.807, 2.05) is 0 Å². The molecule has 0 saturated carbocycles. The maximum absolute atomic E-state index is 12.1. The summed E-state index contributed by atoms with van der Waals surface area (Å²) in [6, 6.07) is 4.58. The zero-order valence-corrected chi connectivity index (χ0v) is 16.5. The highest BCUT2D eigenvalue weighted by atomic mass is 28.4. The Balaban J connectivity index is 2.65. The van der Waals surface area contributed by atoms with E-state index in [0.29, 0.717) is 0 Å². The molecule has 5 nitrogen and oxygen atoms in total. The number of ether oxygens (including phenoxy) is 2. The third-order valence-corrected chi connectivity index (χ3v) is 8.80. The summed E-state index contributed by atoms with van der Waals surface area (Å²) in [6.45, 7) is 10.6. The van der Waals surface area contributed by atoms with E-state index in [1.54, 1.807) is 0 Å². The fourth-order valence-corrected chi connectivity index (χ4v) is 2.82. The molecule has 26 heavy (non-hydrogen) atoms. The maximum Gasteiger partial charge on any atom is 0.573 e. The van der Waals surface area contributed by atoms with Gasteiger partial charge < -0.3 is 19.0 Å². The summed E-state index contributed by atoms with van der Waals surface area (Å²) >= 11 is 0. The van der Waals surface area contributed by atoms with Gasteiger partial charge in [-0.25, -0.2) is 4.79 Å². The van der Waals surface area contributed by atoms with E-state index < -0.39 is 32.5 Å². The fraction of sp³-hybridized carbons (Fsp3) is 0.588. The second kappa shape index (κ2) is 8.30. The van der Waals surface area contributed by atoms with Crippen molar-refractivity contribution >= 4 is 14.3 Å². The molecule has 0 amide bonds. The Kier molecular flexibility index (Phi) is 7.12. The average Bonchev–Trinajstić information content (AvgIpc) is 2.45. The summed E-state index contributed by atoms with van der Waals surface area (Å²) in [4.78, 5) is 11.4. The van der Waals surface area contributed by atoms with Crippen LogP contribution in [0.3, 0.4) is 0 Å². The number of hydrogen-bond donors (Lipinski definition) is 1. The van der Waals surface area contributed by atoms with Crippen molar-refractivity contribution in [2.45, 2.75) is 57.8 Å². The minimum Gasteiger partial charge on any atom is -0.479 e. The lowest BCUT2D eigenvalue weighted by Crippen LogP contribution is -2.42. The Morgan fingerprint density at radius 2 is 1.62 bits per heavy atom. The lowest BCUT2D eigenvalue weighted by molar-refractivity contribution is -0.274. The van der Waals surface area contributed by atoms with Crippen LogP contribution in [0.4, 0.5) is 13.2 Å². The van der Waals surface area contributed by atoms with E-state index in [9.17, 15) is 23.1 Å². The van der Waals surface area contributed by atoms with Crippen LogP contribution in [0.2, 0.25) is 18.1 Å². The molecule has 9 heteroatoms. The number of carbonyl (C=O) groups is 1. The Morgan fingerprint density at radius 3 is 2.04 bits per heavy atom. The second-order valence-corrected chi connectivity index (χ2v) is 12.2. The van der Waals surface area contributed by atoms with Crippen molar-refractivity contribution in [3.05, 3.63) is 24.3 Å². The van der Waals surface area contributed by atoms with Gasteiger partial charge in [0.2, 0.25) is 0 Å². The van der Waals surface area contributed by atoms with Crippen molar-refractivity contribution in [1.82, 2.24) is 0 Å². The Hall–Kier alpha value is -1.74. The molecule has 1 aromatic rings. The summed E-state index contributed by atoms with van der Waals surface area (Å²) in [5.41, 5.74) is 0. The number of alkyl halides is 3. The van der Waals surface area contributed by atoms with Gasteiger partial charge in [-0.15, -0.1) is 13.2 Å². The van der Waals surface area contributed by atoms with Gasteiger partial charge in [0.1, 0.15) is 11.5 Å². The normalized spacial score (nSPS) is 14.0. The standard InChI is InChI=1S/C17H25F3O5Si/c1-16(2,3)26(4,5)23-11-10-14(15(21)22)24-12-6-8-13(9-7-12)25-17(18,19)20/h6-9,14H,10-11H2,1-5H3,(H,21,22). The molecule has 0 aromatic heterocycles. The summed E-state index contributed by atoms with van der Waals surface area (Å²) in [5.74, 6) is -1.43. The number of rotatable bonds is 8. The molecule has 1 unspecified atom stereocenters. The molecule has 1 rings (SSSR count). The maximum atomic E-state index is 12.1. The van der Waals surface area contributed by atoms with Crippen LogP contribution in [0.15, 0.2) is 24.3 Å². The fourth-order valence-electron chi connectivity index (χ4n) is 1.75. The van der Waals surface area contributed by atoms with Crippen LogP contribution in [-0.4, -0.2) is 38.5 Å². The number of halogens is 3. The second-order valence-electron chi connectivity index (χ2n) is 7.36. The smallest absolute Gasteiger partial charge is 0.479 e. The molecule has 1 atom stereocenters. The molecule has 0 aliphatic rings. The summed E-state index contributed by atoms with van der Waals surface area (Å²) in [5, 5.41) is 9.29. The van der Waals surface area contributed by atoms with Crippen molar-refractivity contribution in [1.29, 1.82) is 0 Å². The van der Waals surface area contributed by atoms with Crippen molar-refractivity contribution in [2.24, 2.45) is 0 Å². The van der Waals surface area contributed by atoms with Crippen LogP contribution in [0.1, 0.15) is 27.2 Å². The van der Waals surface area contributed by atoms with E-state index in [1.165, 1.54) is 12.1 Å². The van der Waals surface area contributed by atoms with Crippen LogP contribution < -0.4 is 9.47 Å². The first-order valence-electron chi connectivity index (χ1n) is 8.10. The number of aliphatic carboxylic acids is 1. The van der Waals surface area contributed by atoms with Gasteiger partial charge in [-0.1, -0.05) is 20.8 Å². The molecule has 0 radical (unpaired) electrons. The molecule has 0 heterocycles. The zero-order chi connectivity index (χ0) is 20.2. The van der Waals surface area contributed by atoms with Crippen LogP contribution in [0.25, 0.3) is 0 Å². The van der Waals surface area contributed by atoms with Crippen molar-refractivity contribution in [2.75, 3.05) is 6.61 Å². The molecule has 0 fully saturated rings. The number of carboxylic acid groups (broad SMARTS) is 1. The Morgan fingerprint density at radius 1 is 1.12 bits per heavy atom. The van der Waals surface area contributed by atoms with E-state index in [4.69, 9.17) is 9.16 Å². The van der Waals surface area contributed by atoms with Crippen LogP contribution in [0.5, 0.6) is 11.5 Å². The Labute approximate surface area is 152 Å². The predicted molar refractivity (Wildman–Crippen MR) is 92.9 cm³/mol. The molecular formula is C17H25F3O5Si. The zero-order valence-electron chi connectivity index (χ0n) is 15.5. The van der Waals surface area contributed by atoms with Gasteiger partial charge in [0, 0.05) is 13.0 Å². The molecule has 148 valence electrons. The van der Waals surface area contributed by atoms with Gasteiger partial charge in [-0.3, -0.25) is 0 Å². The lowest BCUT2D eigenvalue weighted by Gasteiger charge is -2.36.